The number of nitrogen functional groups attached to an aromatic ring is 1. The summed E-state index contributed by atoms with van der Waals surface area (Å²) in [5.41, 5.74) is 9.06. The predicted molar refractivity (Wildman–Crippen MR) is 47.6 cm³/mol. The first-order valence-corrected chi connectivity index (χ1v) is 3.72. The van der Waals surface area contributed by atoms with Crippen LogP contribution < -0.4 is 11.3 Å². The second-order valence-electron chi connectivity index (χ2n) is 2.47. The smallest absolute Gasteiger partial charge is 0.290 e. The molecule has 0 heterocycles. The third kappa shape index (κ3) is 1.99. The number of hydrogen-bond donors (Lipinski definition) is 3. The summed E-state index contributed by atoms with van der Waals surface area (Å²) in [6.07, 6.45) is 0. The van der Waals surface area contributed by atoms with Gasteiger partial charge in [-0.3, -0.25) is 15.0 Å². The second kappa shape index (κ2) is 4.24. The van der Waals surface area contributed by atoms with Gasteiger partial charge in [0.25, 0.3) is 11.8 Å². The van der Waals surface area contributed by atoms with E-state index in [9.17, 15) is 9.59 Å². The van der Waals surface area contributed by atoms with E-state index in [1.165, 1.54) is 24.3 Å². The minimum atomic E-state index is -0.648. The number of nitrogens with one attached hydrogen (secondary N) is 2. The number of amides is 2. The molecule has 1 aromatic rings. The molecular weight excluding hydrogens is 184 g/mol. The van der Waals surface area contributed by atoms with E-state index in [2.05, 4.69) is 5.11 Å². The van der Waals surface area contributed by atoms with E-state index in [1.54, 1.807) is 0 Å². The lowest BCUT2D eigenvalue weighted by Gasteiger charge is -1.99. The summed E-state index contributed by atoms with van der Waals surface area (Å²) in [5, 5.41) is 2.74. The van der Waals surface area contributed by atoms with Crippen LogP contribution in [0, 0.1) is 5.53 Å². The van der Waals surface area contributed by atoms with Crippen molar-refractivity contribution >= 4 is 11.8 Å². The fraction of sp³-hybridized carbons (Fsp3) is 0. The SMILES string of the molecule is N=NC(=O)c1ccc(C(=O)NN)cc1. The van der Waals surface area contributed by atoms with Crippen molar-refractivity contribution < 1.29 is 9.59 Å². The molecule has 0 aliphatic rings. The molecule has 0 aromatic heterocycles. The van der Waals surface area contributed by atoms with Crippen LogP contribution in [0.1, 0.15) is 20.7 Å². The summed E-state index contributed by atoms with van der Waals surface area (Å²) in [7, 11) is 0. The summed E-state index contributed by atoms with van der Waals surface area (Å²) in [6, 6.07) is 5.68. The standard InChI is InChI=1S/C8H8N4O2/c9-11-7(13)5-1-2-6(4-3-5)8(14)12-10/h1-4,9H,10H2,(H,12,14). The van der Waals surface area contributed by atoms with Crippen LogP contribution in [-0.4, -0.2) is 11.8 Å². The predicted octanol–water partition coefficient (Wildman–Crippen LogP) is 0.461. The molecule has 0 fully saturated rings. The minimum Gasteiger partial charge on any atom is -0.290 e. The quantitative estimate of drug-likeness (QED) is 0.274. The maximum atomic E-state index is 11.0. The highest BCUT2D eigenvalue weighted by molar-refractivity contribution is 5.97. The second-order valence-corrected chi connectivity index (χ2v) is 2.47. The molecule has 6 nitrogen and oxygen atoms in total. The molecule has 0 unspecified atom stereocenters. The molecule has 0 bridgehead atoms. The number of nitrogens with two attached hydrogens (primary N) is 1. The zero-order chi connectivity index (χ0) is 10.6. The molecule has 0 spiro atoms. The van der Waals surface area contributed by atoms with Gasteiger partial charge in [0.2, 0.25) is 0 Å². The molecule has 0 aliphatic carbocycles. The van der Waals surface area contributed by atoms with Crippen molar-refractivity contribution in [2.75, 3.05) is 0 Å². The number of benzene rings is 1. The molecule has 0 radical (unpaired) electrons. The van der Waals surface area contributed by atoms with E-state index in [0.717, 1.165) is 0 Å². The van der Waals surface area contributed by atoms with Crippen LogP contribution >= 0.6 is 0 Å². The van der Waals surface area contributed by atoms with Gasteiger partial charge >= 0.3 is 0 Å². The van der Waals surface area contributed by atoms with Gasteiger partial charge in [-0.2, -0.15) is 0 Å². The average Bonchev–Trinajstić information content (AvgIpc) is 2.27. The van der Waals surface area contributed by atoms with Crippen molar-refractivity contribution in [1.82, 2.24) is 5.43 Å². The molecule has 0 saturated carbocycles. The molecule has 72 valence electrons. The number of carbonyl (C=O) groups is 2. The van der Waals surface area contributed by atoms with Gasteiger partial charge in [0.1, 0.15) is 0 Å². The average molecular weight is 192 g/mol. The Bertz CT molecular complexity index is 371. The van der Waals surface area contributed by atoms with Crippen molar-refractivity contribution in [1.29, 1.82) is 5.53 Å². The first kappa shape index (κ1) is 10.0. The highest BCUT2D eigenvalue weighted by Crippen LogP contribution is 2.05. The van der Waals surface area contributed by atoms with Crippen molar-refractivity contribution in [3.05, 3.63) is 35.4 Å². The van der Waals surface area contributed by atoms with Gasteiger partial charge < -0.3 is 0 Å². The molecule has 1 rings (SSSR count). The van der Waals surface area contributed by atoms with E-state index in [1.807, 2.05) is 5.43 Å². The maximum absolute atomic E-state index is 11.0. The number of carbonyl (C=O) groups excluding carboxylic acids is 2. The third-order valence-electron chi connectivity index (χ3n) is 1.63. The highest BCUT2D eigenvalue weighted by Gasteiger charge is 2.06. The molecule has 2 amide bonds. The van der Waals surface area contributed by atoms with Crippen LogP contribution in [-0.2, 0) is 0 Å². The number of rotatable bonds is 2. The van der Waals surface area contributed by atoms with Gasteiger partial charge in [-0.15, -0.1) is 5.11 Å². The summed E-state index contributed by atoms with van der Waals surface area (Å²) in [6.45, 7) is 0. The van der Waals surface area contributed by atoms with Gasteiger partial charge in [-0.05, 0) is 24.3 Å². The van der Waals surface area contributed by atoms with Crippen LogP contribution in [0.15, 0.2) is 29.4 Å². The monoisotopic (exact) mass is 192 g/mol. The van der Waals surface area contributed by atoms with Crippen LogP contribution in [0.5, 0.6) is 0 Å². The third-order valence-corrected chi connectivity index (χ3v) is 1.63. The fourth-order valence-electron chi connectivity index (χ4n) is 0.912. The Balaban J connectivity index is 2.94. The summed E-state index contributed by atoms with van der Waals surface area (Å²) < 4.78 is 0. The van der Waals surface area contributed by atoms with Gasteiger partial charge in [-0.25, -0.2) is 11.4 Å². The lowest BCUT2D eigenvalue weighted by atomic mass is 10.1. The van der Waals surface area contributed by atoms with E-state index in [0.29, 0.717) is 5.56 Å². The topological polar surface area (TPSA) is 108 Å². The van der Waals surface area contributed by atoms with Crippen molar-refractivity contribution in [3.63, 3.8) is 0 Å². The van der Waals surface area contributed by atoms with E-state index < -0.39 is 11.8 Å². The lowest BCUT2D eigenvalue weighted by molar-refractivity contribution is 0.0950. The molecular formula is C8H8N4O2. The Kier molecular flexibility index (Phi) is 3.03. The summed E-state index contributed by atoms with van der Waals surface area (Å²) in [4.78, 5) is 21.9. The first-order valence-electron chi connectivity index (χ1n) is 3.72. The van der Waals surface area contributed by atoms with Gasteiger partial charge in [0, 0.05) is 11.1 Å². The van der Waals surface area contributed by atoms with Crippen molar-refractivity contribution in [2.24, 2.45) is 11.0 Å². The van der Waals surface area contributed by atoms with Crippen LogP contribution in [0.25, 0.3) is 0 Å². The lowest BCUT2D eigenvalue weighted by Crippen LogP contribution is -2.29. The normalized spacial score (nSPS) is 9.21. The Hall–Kier alpha value is -2.08. The minimum absolute atomic E-state index is 0.258. The Morgan fingerprint density at radius 1 is 1.21 bits per heavy atom. The van der Waals surface area contributed by atoms with Crippen molar-refractivity contribution in [2.45, 2.75) is 0 Å². The van der Waals surface area contributed by atoms with Gasteiger partial charge in [-0.1, -0.05) is 0 Å². The maximum Gasteiger partial charge on any atom is 0.294 e. The van der Waals surface area contributed by atoms with E-state index >= 15 is 0 Å². The Morgan fingerprint density at radius 2 is 1.71 bits per heavy atom. The van der Waals surface area contributed by atoms with Gasteiger partial charge in [0.05, 0.1) is 0 Å². The largest absolute Gasteiger partial charge is 0.294 e. The number of nitrogens with zero attached hydrogens (tertiary/aromatic N) is 1. The van der Waals surface area contributed by atoms with Crippen LogP contribution in [0.2, 0.25) is 0 Å². The molecule has 1 aromatic carbocycles. The molecule has 14 heavy (non-hydrogen) atoms. The molecule has 6 heteroatoms. The van der Waals surface area contributed by atoms with E-state index in [-0.39, 0.29) is 5.56 Å². The summed E-state index contributed by atoms with van der Waals surface area (Å²) in [5.74, 6) is 3.83. The fourth-order valence-corrected chi connectivity index (χ4v) is 0.912. The number of hydrogen-bond acceptors (Lipinski definition) is 4. The zero-order valence-electron chi connectivity index (χ0n) is 7.15. The Labute approximate surface area is 79.6 Å². The first-order chi connectivity index (χ1) is 6.69. The highest BCUT2D eigenvalue weighted by atomic mass is 16.2. The van der Waals surface area contributed by atoms with Crippen molar-refractivity contribution in [3.8, 4) is 0 Å². The molecule has 0 atom stereocenters. The van der Waals surface area contributed by atoms with Gasteiger partial charge in [0.15, 0.2) is 0 Å². The van der Waals surface area contributed by atoms with Crippen LogP contribution in [0.4, 0.5) is 0 Å². The molecule has 0 aliphatic heterocycles. The van der Waals surface area contributed by atoms with Crippen LogP contribution in [0.3, 0.4) is 0 Å². The molecule has 0 saturated heterocycles. The molecule has 4 N–H and O–H groups in total. The number of hydrazine groups is 1. The zero-order valence-corrected chi connectivity index (χ0v) is 7.15. The van der Waals surface area contributed by atoms with E-state index in [4.69, 9.17) is 11.4 Å². The Morgan fingerprint density at radius 3 is 2.14 bits per heavy atom. The summed E-state index contributed by atoms with van der Waals surface area (Å²) >= 11 is 0.